The third-order valence-electron chi connectivity index (χ3n) is 3.51. The van der Waals surface area contributed by atoms with Crippen molar-refractivity contribution in [3.8, 4) is 5.75 Å². The van der Waals surface area contributed by atoms with Crippen LogP contribution < -0.4 is 10.1 Å². The average molecular weight is 376 g/mol. The summed E-state index contributed by atoms with van der Waals surface area (Å²) in [5.41, 5.74) is 1.85. The fourth-order valence-corrected chi connectivity index (χ4v) is 3.13. The molecule has 3 rings (SSSR count). The first-order chi connectivity index (χ1) is 12.0. The Morgan fingerprint density at radius 1 is 1.24 bits per heavy atom. The molecule has 0 atom stereocenters. The lowest BCUT2D eigenvalue weighted by atomic mass is 10.2. The van der Waals surface area contributed by atoms with E-state index < -0.39 is 0 Å². The van der Waals surface area contributed by atoms with Gasteiger partial charge in [0.05, 0.1) is 4.88 Å². The van der Waals surface area contributed by atoms with E-state index in [4.69, 9.17) is 16.3 Å². The van der Waals surface area contributed by atoms with Gasteiger partial charge in [0, 0.05) is 16.3 Å². The van der Waals surface area contributed by atoms with Crippen molar-refractivity contribution in [2.24, 2.45) is 0 Å². The van der Waals surface area contributed by atoms with Gasteiger partial charge in [-0.3, -0.25) is 4.79 Å². The van der Waals surface area contributed by atoms with E-state index in [1.54, 1.807) is 37.3 Å². The Labute approximate surface area is 154 Å². The second kappa shape index (κ2) is 7.68. The number of rotatable bonds is 5. The third kappa shape index (κ3) is 4.59. The fraction of sp³-hybridized carbons (Fsp3) is 0.105. The number of thiophene rings is 1. The molecule has 128 valence electrons. The Morgan fingerprint density at radius 2 is 2.08 bits per heavy atom. The van der Waals surface area contributed by atoms with E-state index in [0.29, 0.717) is 33.5 Å². The van der Waals surface area contributed by atoms with Crippen LogP contribution in [0, 0.1) is 12.7 Å². The highest BCUT2D eigenvalue weighted by atomic mass is 35.5. The van der Waals surface area contributed by atoms with Gasteiger partial charge in [0.25, 0.3) is 5.91 Å². The predicted octanol–water partition coefficient (Wildman–Crippen LogP) is 5.68. The van der Waals surface area contributed by atoms with Gasteiger partial charge in [-0.1, -0.05) is 23.7 Å². The van der Waals surface area contributed by atoms with Crippen LogP contribution >= 0.6 is 22.9 Å². The van der Waals surface area contributed by atoms with Crippen LogP contribution in [0.1, 0.15) is 20.8 Å². The van der Waals surface area contributed by atoms with Crippen molar-refractivity contribution in [2.75, 3.05) is 5.32 Å². The lowest BCUT2D eigenvalue weighted by molar-refractivity contribution is 0.103. The molecule has 0 radical (unpaired) electrons. The molecule has 0 fully saturated rings. The maximum atomic E-state index is 13.6. The number of hydrogen-bond acceptors (Lipinski definition) is 3. The van der Waals surface area contributed by atoms with E-state index in [1.165, 1.54) is 17.4 Å². The zero-order valence-electron chi connectivity index (χ0n) is 13.4. The summed E-state index contributed by atoms with van der Waals surface area (Å²) in [7, 11) is 0. The number of halogens is 2. The highest BCUT2D eigenvalue weighted by Gasteiger charge is 2.11. The van der Waals surface area contributed by atoms with Crippen molar-refractivity contribution in [1.29, 1.82) is 0 Å². The third-order valence-corrected chi connectivity index (χ3v) is 4.72. The van der Waals surface area contributed by atoms with E-state index in [2.05, 4.69) is 5.32 Å². The number of nitrogens with one attached hydrogen (secondary N) is 1. The molecular weight excluding hydrogens is 361 g/mol. The molecule has 0 saturated carbocycles. The summed E-state index contributed by atoms with van der Waals surface area (Å²) in [6.45, 7) is 2.01. The molecule has 1 N–H and O–H groups in total. The van der Waals surface area contributed by atoms with Gasteiger partial charge in [-0.25, -0.2) is 4.39 Å². The quantitative estimate of drug-likeness (QED) is 0.623. The normalized spacial score (nSPS) is 10.5. The molecule has 25 heavy (non-hydrogen) atoms. The number of anilines is 1. The van der Waals surface area contributed by atoms with Crippen LogP contribution in [0.5, 0.6) is 5.75 Å². The van der Waals surface area contributed by atoms with Crippen LogP contribution in [0.25, 0.3) is 0 Å². The topological polar surface area (TPSA) is 38.3 Å². The maximum Gasteiger partial charge on any atom is 0.265 e. The van der Waals surface area contributed by atoms with Crippen molar-refractivity contribution in [2.45, 2.75) is 13.5 Å². The van der Waals surface area contributed by atoms with Gasteiger partial charge >= 0.3 is 0 Å². The molecule has 2 aromatic carbocycles. The van der Waals surface area contributed by atoms with Gasteiger partial charge in [0.15, 0.2) is 0 Å². The highest BCUT2D eigenvalue weighted by molar-refractivity contribution is 7.12. The number of amides is 1. The van der Waals surface area contributed by atoms with Crippen LogP contribution in [0.4, 0.5) is 10.1 Å². The van der Waals surface area contributed by atoms with Crippen LogP contribution in [-0.4, -0.2) is 5.91 Å². The molecule has 3 nitrogen and oxygen atoms in total. The average Bonchev–Trinajstić information content (AvgIpc) is 3.06. The summed E-state index contributed by atoms with van der Waals surface area (Å²) in [5, 5.41) is 5.16. The van der Waals surface area contributed by atoms with E-state index in [-0.39, 0.29) is 11.7 Å². The Kier molecular flexibility index (Phi) is 5.36. The second-order valence-corrected chi connectivity index (χ2v) is 6.83. The number of aryl methyl sites for hydroxylation is 1. The fourth-order valence-electron chi connectivity index (χ4n) is 2.16. The first-order valence-corrected chi connectivity index (χ1v) is 8.80. The number of hydrogen-bond donors (Lipinski definition) is 1. The van der Waals surface area contributed by atoms with Gasteiger partial charge in [-0.2, -0.15) is 0 Å². The number of carbonyl (C=O) groups excluding carboxylic acids is 1. The molecule has 0 aliphatic heterocycles. The monoisotopic (exact) mass is 375 g/mol. The van der Waals surface area contributed by atoms with Crippen molar-refractivity contribution in [3.05, 3.63) is 80.8 Å². The van der Waals surface area contributed by atoms with Gasteiger partial charge in [0.1, 0.15) is 18.2 Å². The van der Waals surface area contributed by atoms with Crippen LogP contribution in [0.3, 0.4) is 0 Å². The van der Waals surface area contributed by atoms with Gasteiger partial charge in [-0.05, 0) is 54.3 Å². The summed E-state index contributed by atoms with van der Waals surface area (Å²) in [6.07, 6.45) is 0. The first-order valence-electron chi connectivity index (χ1n) is 7.54. The van der Waals surface area contributed by atoms with Crippen LogP contribution in [0.15, 0.2) is 53.9 Å². The molecular formula is C19H15ClFNO2S. The summed E-state index contributed by atoms with van der Waals surface area (Å²) >= 11 is 7.22. The molecule has 0 aliphatic rings. The van der Waals surface area contributed by atoms with Gasteiger partial charge in [-0.15, -0.1) is 11.3 Å². The van der Waals surface area contributed by atoms with Gasteiger partial charge < -0.3 is 10.1 Å². The SMILES string of the molecule is Cc1ccc(NC(=O)c2cc(COc3cccc(Cl)c3)cs2)cc1F. The molecule has 1 amide bonds. The molecule has 6 heteroatoms. The Morgan fingerprint density at radius 3 is 2.84 bits per heavy atom. The van der Waals surface area contributed by atoms with Crippen molar-refractivity contribution >= 4 is 34.5 Å². The summed E-state index contributed by atoms with van der Waals surface area (Å²) in [5.74, 6) is 0.0432. The highest BCUT2D eigenvalue weighted by Crippen LogP contribution is 2.22. The van der Waals surface area contributed by atoms with E-state index >= 15 is 0 Å². The second-order valence-electron chi connectivity index (χ2n) is 5.48. The van der Waals surface area contributed by atoms with Crippen LogP contribution in [0.2, 0.25) is 5.02 Å². The molecule has 0 aliphatic carbocycles. The van der Waals surface area contributed by atoms with Crippen molar-refractivity contribution in [3.63, 3.8) is 0 Å². The minimum absolute atomic E-state index is 0.276. The zero-order valence-corrected chi connectivity index (χ0v) is 15.0. The molecule has 1 aromatic heterocycles. The standard InChI is InChI=1S/C19H15ClFNO2S/c1-12-5-6-15(9-17(12)21)22-19(23)18-7-13(11-25-18)10-24-16-4-2-3-14(20)8-16/h2-9,11H,10H2,1H3,(H,22,23). The molecule has 0 saturated heterocycles. The smallest absolute Gasteiger partial charge is 0.265 e. The van der Waals surface area contributed by atoms with Crippen LogP contribution in [-0.2, 0) is 6.61 Å². The van der Waals surface area contributed by atoms with E-state index in [9.17, 15) is 9.18 Å². The lowest BCUT2D eigenvalue weighted by Gasteiger charge is -2.05. The summed E-state index contributed by atoms with van der Waals surface area (Å²) in [4.78, 5) is 12.8. The Bertz CT molecular complexity index is 910. The molecule has 3 aromatic rings. The number of carbonyl (C=O) groups is 1. The van der Waals surface area contributed by atoms with Crippen molar-refractivity contribution in [1.82, 2.24) is 0 Å². The zero-order chi connectivity index (χ0) is 17.8. The molecule has 0 spiro atoms. The largest absolute Gasteiger partial charge is 0.489 e. The first kappa shape index (κ1) is 17.5. The number of benzene rings is 2. The van der Waals surface area contributed by atoms with E-state index in [1.807, 2.05) is 17.5 Å². The maximum absolute atomic E-state index is 13.6. The molecule has 0 unspecified atom stereocenters. The number of ether oxygens (including phenoxy) is 1. The Hall–Kier alpha value is -2.37. The Balaban J connectivity index is 1.62. The van der Waals surface area contributed by atoms with Crippen molar-refractivity contribution < 1.29 is 13.9 Å². The minimum atomic E-state index is -0.348. The summed E-state index contributed by atoms with van der Waals surface area (Å²) < 4.78 is 19.2. The minimum Gasteiger partial charge on any atom is -0.489 e. The molecule has 1 heterocycles. The lowest BCUT2D eigenvalue weighted by Crippen LogP contribution is -2.10. The van der Waals surface area contributed by atoms with E-state index in [0.717, 1.165) is 5.56 Å². The summed E-state index contributed by atoms with van der Waals surface area (Å²) in [6, 6.07) is 13.5. The molecule has 0 bridgehead atoms. The van der Waals surface area contributed by atoms with Gasteiger partial charge in [0.2, 0.25) is 0 Å². The predicted molar refractivity (Wildman–Crippen MR) is 99.2 cm³/mol.